The Bertz CT molecular complexity index is 1330. The number of aromatic nitrogens is 3. The van der Waals surface area contributed by atoms with Crippen molar-refractivity contribution in [2.24, 2.45) is 0 Å². The van der Waals surface area contributed by atoms with Gasteiger partial charge in [-0.05, 0) is 74.4 Å². The number of ether oxygens (including phenoxy) is 1. The number of hydrogen-bond donors (Lipinski definition) is 2. The topological polar surface area (TPSA) is 98.1 Å². The Balaban J connectivity index is 0.000000930. The van der Waals surface area contributed by atoms with Crippen molar-refractivity contribution in [3.63, 3.8) is 0 Å². The first-order chi connectivity index (χ1) is 19.8. The molecule has 8 nitrogen and oxygen atoms in total. The molecule has 2 amide bonds. The summed E-state index contributed by atoms with van der Waals surface area (Å²) in [4.78, 5) is 30.7. The molecule has 1 aromatic carbocycles. The molecule has 10 heteroatoms. The zero-order chi connectivity index (χ0) is 30.0. The standard InChI is InChI=1S/C21H23FN4O.C9H17NO2.C2H6.HI.2H2/c1-4-5-13-11-23-18(24-12-27)10-15(13)14-8-16(22)20-17(9-14)26-19(25-20)6-7-21(26,2)3;1-12-7-9(11)10-8-5-3-2-4-6-8;1-2;;;/h8-12H,4-7H2,1-3H3,(H,23,24,27);8H,2-7H2,1H3,(H,10,11);1-2H3;3*1H. The zero-order valence-electron chi connectivity index (χ0n) is 25.9. The van der Waals surface area contributed by atoms with Crippen molar-refractivity contribution in [3.8, 4) is 11.1 Å². The van der Waals surface area contributed by atoms with Crippen LogP contribution in [0.3, 0.4) is 0 Å². The van der Waals surface area contributed by atoms with Gasteiger partial charge in [0.25, 0.3) is 0 Å². The molecule has 236 valence electrons. The van der Waals surface area contributed by atoms with E-state index in [0.29, 0.717) is 23.8 Å². The maximum absolute atomic E-state index is 14.9. The third-order valence-corrected chi connectivity index (χ3v) is 7.62. The Morgan fingerprint density at radius 1 is 1.21 bits per heavy atom. The number of anilines is 1. The molecule has 0 saturated heterocycles. The lowest BCUT2D eigenvalue weighted by Crippen LogP contribution is -2.38. The number of rotatable bonds is 8. The largest absolute Gasteiger partial charge is 0.375 e. The van der Waals surface area contributed by atoms with Crippen molar-refractivity contribution in [2.75, 3.05) is 19.0 Å². The minimum Gasteiger partial charge on any atom is -0.375 e. The fourth-order valence-electron chi connectivity index (χ4n) is 5.72. The third kappa shape index (κ3) is 8.72. The van der Waals surface area contributed by atoms with Crippen LogP contribution in [0.4, 0.5) is 10.2 Å². The van der Waals surface area contributed by atoms with Crippen LogP contribution in [0.15, 0.2) is 24.4 Å². The Hall–Kier alpha value is -2.60. The fourth-order valence-corrected chi connectivity index (χ4v) is 5.72. The fraction of sp³-hybridized carbons (Fsp3) is 0.562. The van der Waals surface area contributed by atoms with Crippen LogP contribution in [0, 0.1) is 5.82 Å². The lowest BCUT2D eigenvalue weighted by Gasteiger charge is -2.22. The first kappa shape index (κ1) is 35.6. The van der Waals surface area contributed by atoms with E-state index in [1.165, 1.54) is 25.3 Å². The number of carbonyl (C=O) groups excluding carboxylic acids is 2. The van der Waals surface area contributed by atoms with Gasteiger partial charge in [-0.2, -0.15) is 0 Å². The summed E-state index contributed by atoms with van der Waals surface area (Å²) in [5.41, 5.74) is 3.89. The molecule has 5 rings (SSSR count). The van der Waals surface area contributed by atoms with Crippen molar-refractivity contribution in [1.82, 2.24) is 19.9 Å². The number of aryl methyl sites for hydroxylation is 2. The van der Waals surface area contributed by atoms with Gasteiger partial charge >= 0.3 is 0 Å². The van der Waals surface area contributed by atoms with Crippen molar-refractivity contribution in [1.29, 1.82) is 0 Å². The molecule has 0 spiro atoms. The Morgan fingerprint density at radius 3 is 2.57 bits per heavy atom. The van der Waals surface area contributed by atoms with E-state index in [-0.39, 0.29) is 50.7 Å². The van der Waals surface area contributed by atoms with Crippen molar-refractivity contribution < 1.29 is 21.6 Å². The van der Waals surface area contributed by atoms with Gasteiger partial charge in [0.1, 0.15) is 23.8 Å². The number of hydrogen-bond acceptors (Lipinski definition) is 5. The number of pyridine rings is 1. The van der Waals surface area contributed by atoms with Crippen LogP contribution >= 0.6 is 24.0 Å². The predicted molar refractivity (Wildman–Crippen MR) is 182 cm³/mol. The molecule has 3 aromatic rings. The SMILES string of the molecule is CC.CCCc1cnc(NC=O)cc1-c1cc(F)c2nc3n(c2c1)C(C)(C)CC3.COCC(=O)NC1CCCCC1.I.[HH].[HH]. The van der Waals surface area contributed by atoms with Crippen LogP contribution in [-0.2, 0) is 32.7 Å². The summed E-state index contributed by atoms with van der Waals surface area (Å²) in [7, 11) is 1.54. The lowest BCUT2D eigenvalue weighted by atomic mass is 9.95. The van der Waals surface area contributed by atoms with Gasteiger partial charge in [-0.25, -0.2) is 14.4 Å². The highest BCUT2D eigenvalue weighted by Crippen LogP contribution is 2.38. The van der Waals surface area contributed by atoms with Crippen LogP contribution in [-0.4, -0.2) is 46.6 Å². The number of methoxy groups -OCH3 is 1. The quantitative estimate of drug-likeness (QED) is 0.186. The summed E-state index contributed by atoms with van der Waals surface area (Å²) in [6, 6.07) is 5.77. The van der Waals surface area contributed by atoms with E-state index in [1.807, 2.05) is 26.0 Å². The molecule has 2 N–H and O–H groups in total. The molecule has 1 fully saturated rings. The predicted octanol–water partition coefficient (Wildman–Crippen LogP) is 7.66. The van der Waals surface area contributed by atoms with E-state index in [4.69, 9.17) is 4.74 Å². The first-order valence-corrected chi connectivity index (χ1v) is 15.0. The van der Waals surface area contributed by atoms with Gasteiger partial charge in [0, 0.05) is 34.2 Å². The molecular weight excluding hydrogens is 648 g/mol. The van der Waals surface area contributed by atoms with Gasteiger partial charge in [0.15, 0.2) is 5.82 Å². The normalized spacial score (nSPS) is 15.3. The summed E-state index contributed by atoms with van der Waals surface area (Å²) in [6.45, 7) is 10.6. The van der Waals surface area contributed by atoms with Gasteiger partial charge in [-0.3, -0.25) is 9.59 Å². The number of imidazole rings is 1. The highest BCUT2D eigenvalue weighted by atomic mass is 127. The van der Waals surface area contributed by atoms with Crippen LogP contribution < -0.4 is 10.6 Å². The molecule has 1 saturated carbocycles. The first-order valence-electron chi connectivity index (χ1n) is 15.0. The number of fused-ring (bicyclic) bond motifs is 3. The zero-order valence-corrected chi connectivity index (χ0v) is 28.2. The summed E-state index contributed by atoms with van der Waals surface area (Å²) in [5.74, 6) is 1.10. The van der Waals surface area contributed by atoms with E-state index in [1.54, 1.807) is 13.3 Å². The molecule has 2 aromatic heterocycles. The number of amides is 2. The average molecular weight is 700 g/mol. The Morgan fingerprint density at radius 2 is 1.93 bits per heavy atom. The monoisotopic (exact) mass is 699 g/mol. The van der Waals surface area contributed by atoms with Gasteiger partial charge in [0.2, 0.25) is 12.3 Å². The van der Waals surface area contributed by atoms with Crippen molar-refractivity contribution in [2.45, 2.75) is 104 Å². The molecule has 0 radical (unpaired) electrons. The minimum absolute atomic E-state index is 0. The second kappa shape index (κ2) is 16.9. The maximum atomic E-state index is 14.9. The van der Waals surface area contributed by atoms with E-state index < -0.39 is 0 Å². The lowest BCUT2D eigenvalue weighted by molar-refractivity contribution is -0.125. The van der Waals surface area contributed by atoms with Gasteiger partial charge in [-0.1, -0.05) is 46.5 Å². The second-order valence-electron chi connectivity index (χ2n) is 11.1. The van der Waals surface area contributed by atoms with Crippen molar-refractivity contribution >= 4 is 53.1 Å². The van der Waals surface area contributed by atoms with Gasteiger partial charge < -0.3 is 19.9 Å². The molecule has 42 heavy (non-hydrogen) atoms. The smallest absolute Gasteiger partial charge is 0.246 e. The minimum atomic E-state index is -0.315. The highest BCUT2D eigenvalue weighted by Gasteiger charge is 2.33. The summed E-state index contributed by atoms with van der Waals surface area (Å²) in [5, 5.41) is 5.54. The Labute approximate surface area is 269 Å². The van der Waals surface area contributed by atoms with Crippen LogP contribution in [0.2, 0.25) is 0 Å². The highest BCUT2D eigenvalue weighted by molar-refractivity contribution is 14.0. The van der Waals surface area contributed by atoms with Gasteiger partial charge in [0.05, 0.1) is 5.52 Å². The van der Waals surface area contributed by atoms with E-state index in [2.05, 4.69) is 45.9 Å². The van der Waals surface area contributed by atoms with Crippen LogP contribution in [0.1, 0.15) is 93.8 Å². The maximum Gasteiger partial charge on any atom is 0.246 e. The van der Waals surface area contributed by atoms with E-state index in [9.17, 15) is 14.0 Å². The Kier molecular flexibility index (Phi) is 14.3. The number of nitrogens with one attached hydrogen (secondary N) is 2. The summed E-state index contributed by atoms with van der Waals surface area (Å²) in [6.07, 6.45) is 12.1. The summed E-state index contributed by atoms with van der Waals surface area (Å²) < 4.78 is 21.8. The number of halogens is 2. The number of carbonyl (C=O) groups is 2. The molecule has 3 heterocycles. The number of nitrogens with zero attached hydrogens (tertiary/aromatic N) is 3. The van der Waals surface area contributed by atoms with Crippen LogP contribution in [0.25, 0.3) is 22.2 Å². The van der Waals surface area contributed by atoms with Gasteiger partial charge in [-0.15, -0.1) is 24.0 Å². The van der Waals surface area contributed by atoms with E-state index in [0.717, 1.165) is 66.6 Å². The molecule has 0 atom stereocenters. The van der Waals surface area contributed by atoms with Crippen LogP contribution in [0.5, 0.6) is 0 Å². The molecule has 2 aliphatic rings. The summed E-state index contributed by atoms with van der Waals surface area (Å²) >= 11 is 0. The molecular formula is C32H51FIN5O3. The molecule has 1 aliphatic carbocycles. The average Bonchev–Trinajstić information content (AvgIpc) is 3.49. The molecule has 0 bridgehead atoms. The molecule has 0 unspecified atom stereocenters. The third-order valence-electron chi connectivity index (χ3n) is 7.62. The second-order valence-corrected chi connectivity index (χ2v) is 11.1. The number of benzene rings is 1. The van der Waals surface area contributed by atoms with Crippen molar-refractivity contribution in [3.05, 3.63) is 41.6 Å². The van der Waals surface area contributed by atoms with E-state index >= 15 is 0 Å². The molecule has 1 aliphatic heterocycles.